The molecule has 1 N–H and O–H groups in total. The summed E-state index contributed by atoms with van der Waals surface area (Å²) < 4.78 is 0. The van der Waals surface area contributed by atoms with Crippen LogP contribution in [0.2, 0.25) is 0 Å². The largest absolute Gasteiger partial charge is 0.387 e. The van der Waals surface area contributed by atoms with Crippen LogP contribution in [0.15, 0.2) is 24.3 Å². The van der Waals surface area contributed by atoms with Gasteiger partial charge in [0.05, 0.1) is 6.10 Å². The van der Waals surface area contributed by atoms with Crippen LogP contribution in [0.1, 0.15) is 42.9 Å². The highest BCUT2D eigenvalue weighted by atomic mass is 16.3. The number of hydrogen-bond acceptors (Lipinski definition) is 3. The van der Waals surface area contributed by atoms with Gasteiger partial charge in [-0.1, -0.05) is 24.3 Å². The third kappa shape index (κ3) is 2.75. The van der Waals surface area contributed by atoms with Crippen LogP contribution in [0.5, 0.6) is 0 Å². The van der Waals surface area contributed by atoms with E-state index in [1.807, 2.05) is 0 Å². The molecule has 2 fully saturated rings. The lowest BCUT2D eigenvalue weighted by molar-refractivity contribution is 0.0134. The van der Waals surface area contributed by atoms with E-state index < -0.39 is 0 Å². The summed E-state index contributed by atoms with van der Waals surface area (Å²) in [5, 5.41) is 10.9. The Kier molecular flexibility index (Phi) is 3.74. The minimum atomic E-state index is -0.309. The van der Waals surface area contributed by atoms with Crippen molar-refractivity contribution < 1.29 is 5.11 Å². The number of aliphatic hydroxyl groups is 1. The summed E-state index contributed by atoms with van der Waals surface area (Å²) in [5.41, 5.74) is 2.52. The van der Waals surface area contributed by atoms with Crippen molar-refractivity contribution in [1.82, 2.24) is 9.80 Å². The second-order valence-electron chi connectivity index (χ2n) is 6.91. The number of fused-ring (bicyclic) bond motifs is 1. The Balaban J connectivity index is 1.47. The van der Waals surface area contributed by atoms with Gasteiger partial charge in [-0.25, -0.2) is 0 Å². The summed E-state index contributed by atoms with van der Waals surface area (Å²) in [4.78, 5) is 5.19. The normalized spacial score (nSPS) is 31.7. The van der Waals surface area contributed by atoms with E-state index in [0.717, 1.165) is 32.0 Å². The van der Waals surface area contributed by atoms with Gasteiger partial charge in [0.1, 0.15) is 0 Å². The molecule has 3 heteroatoms. The summed E-state index contributed by atoms with van der Waals surface area (Å²) in [6.45, 7) is 4.63. The highest BCUT2D eigenvalue weighted by Crippen LogP contribution is 2.33. The monoisotopic (exact) mass is 286 g/mol. The molecule has 0 aromatic heterocycles. The molecule has 3 nitrogen and oxygen atoms in total. The molecule has 2 atom stereocenters. The fourth-order valence-electron chi connectivity index (χ4n) is 4.17. The van der Waals surface area contributed by atoms with Gasteiger partial charge in [0.25, 0.3) is 0 Å². The van der Waals surface area contributed by atoms with Crippen molar-refractivity contribution in [3.63, 3.8) is 0 Å². The van der Waals surface area contributed by atoms with Gasteiger partial charge in [0.2, 0.25) is 0 Å². The number of nitrogens with zero attached hydrogens (tertiary/aromatic N) is 2. The zero-order valence-electron chi connectivity index (χ0n) is 12.7. The molecule has 1 heterocycles. The highest BCUT2D eigenvalue weighted by Gasteiger charge is 2.35. The first-order chi connectivity index (χ1) is 10.3. The molecule has 1 saturated carbocycles. The lowest BCUT2D eigenvalue weighted by atomic mass is 9.97. The van der Waals surface area contributed by atoms with E-state index in [9.17, 15) is 5.11 Å². The minimum absolute atomic E-state index is 0.309. The number of piperazine rings is 1. The maximum absolute atomic E-state index is 10.9. The molecule has 21 heavy (non-hydrogen) atoms. The summed E-state index contributed by atoms with van der Waals surface area (Å²) >= 11 is 0. The van der Waals surface area contributed by atoms with Crippen molar-refractivity contribution in [2.45, 2.75) is 50.3 Å². The second-order valence-corrected chi connectivity index (χ2v) is 6.91. The lowest BCUT2D eigenvalue weighted by Crippen LogP contribution is -2.52. The molecule has 1 saturated heterocycles. The average Bonchev–Trinajstić information content (AvgIpc) is 3.36. The Labute approximate surface area is 127 Å². The summed E-state index contributed by atoms with van der Waals surface area (Å²) in [7, 11) is 0. The van der Waals surface area contributed by atoms with Crippen molar-refractivity contribution >= 4 is 0 Å². The quantitative estimate of drug-likeness (QED) is 0.844. The number of hydrogen-bond donors (Lipinski definition) is 1. The van der Waals surface area contributed by atoms with Gasteiger partial charge in [0, 0.05) is 38.3 Å². The average molecular weight is 286 g/mol. The van der Waals surface area contributed by atoms with Crippen LogP contribution in [-0.2, 0) is 6.42 Å². The summed E-state index contributed by atoms with van der Waals surface area (Å²) in [5.74, 6) is 0. The van der Waals surface area contributed by atoms with E-state index in [1.54, 1.807) is 0 Å². The van der Waals surface area contributed by atoms with Crippen LogP contribution < -0.4 is 0 Å². The number of aryl methyl sites for hydroxylation is 1. The molecule has 0 amide bonds. The van der Waals surface area contributed by atoms with Gasteiger partial charge in [-0.05, 0) is 43.2 Å². The zero-order chi connectivity index (χ0) is 14.2. The van der Waals surface area contributed by atoms with Gasteiger partial charge in [-0.15, -0.1) is 0 Å². The van der Waals surface area contributed by atoms with Gasteiger partial charge in [-0.3, -0.25) is 9.80 Å². The fourth-order valence-corrected chi connectivity index (χ4v) is 4.17. The molecule has 114 valence electrons. The first kappa shape index (κ1) is 13.7. The smallest absolute Gasteiger partial charge is 0.0947 e. The van der Waals surface area contributed by atoms with E-state index >= 15 is 0 Å². The Morgan fingerprint density at radius 3 is 2.38 bits per heavy atom. The third-order valence-corrected chi connectivity index (χ3v) is 5.57. The molecule has 1 aliphatic heterocycles. The minimum Gasteiger partial charge on any atom is -0.387 e. The number of rotatable bonds is 2. The van der Waals surface area contributed by atoms with Crippen LogP contribution >= 0.6 is 0 Å². The SMILES string of the molecule is OC1c2ccccc2CCCC1N1CCN(C2CC2)CC1. The Bertz CT molecular complexity index is 492. The van der Waals surface area contributed by atoms with Crippen LogP contribution in [-0.4, -0.2) is 53.2 Å². The van der Waals surface area contributed by atoms with Gasteiger partial charge < -0.3 is 5.11 Å². The number of benzene rings is 1. The molecule has 3 aliphatic rings. The first-order valence-corrected chi connectivity index (χ1v) is 8.57. The maximum Gasteiger partial charge on any atom is 0.0947 e. The van der Waals surface area contributed by atoms with E-state index in [-0.39, 0.29) is 6.10 Å². The topological polar surface area (TPSA) is 26.7 Å². The van der Waals surface area contributed by atoms with Gasteiger partial charge in [0.15, 0.2) is 0 Å². The first-order valence-electron chi connectivity index (χ1n) is 8.57. The Morgan fingerprint density at radius 1 is 0.905 bits per heavy atom. The van der Waals surface area contributed by atoms with Crippen LogP contribution in [0, 0.1) is 0 Å². The molecule has 0 bridgehead atoms. The highest BCUT2D eigenvalue weighted by molar-refractivity contribution is 5.31. The Hall–Kier alpha value is -0.900. The molecule has 2 aliphatic carbocycles. The molecule has 1 aromatic rings. The summed E-state index contributed by atoms with van der Waals surface area (Å²) in [6.07, 6.45) is 5.93. The predicted molar refractivity (Wildman–Crippen MR) is 84.3 cm³/mol. The van der Waals surface area contributed by atoms with Crippen molar-refractivity contribution in [3.05, 3.63) is 35.4 Å². The number of aliphatic hydroxyl groups excluding tert-OH is 1. The van der Waals surface area contributed by atoms with Crippen LogP contribution in [0.25, 0.3) is 0 Å². The zero-order valence-corrected chi connectivity index (χ0v) is 12.7. The van der Waals surface area contributed by atoms with Crippen molar-refractivity contribution in [2.75, 3.05) is 26.2 Å². The molecule has 2 unspecified atom stereocenters. The standard InChI is InChI=1S/C18H26N2O/c21-18-16-6-2-1-4-14(16)5-3-7-17(18)20-12-10-19(11-13-20)15-8-9-15/h1-2,4,6,15,17-18,21H,3,5,7-13H2. The van der Waals surface area contributed by atoms with E-state index in [1.165, 1.54) is 43.5 Å². The van der Waals surface area contributed by atoms with E-state index in [2.05, 4.69) is 34.1 Å². The van der Waals surface area contributed by atoms with Crippen molar-refractivity contribution in [1.29, 1.82) is 0 Å². The maximum atomic E-state index is 10.9. The molecular weight excluding hydrogens is 260 g/mol. The molecule has 0 spiro atoms. The molecular formula is C18H26N2O. The molecule has 0 radical (unpaired) electrons. The molecule has 1 aromatic carbocycles. The summed E-state index contributed by atoms with van der Waals surface area (Å²) in [6, 6.07) is 9.67. The van der Waals surface area contributed by atoms with Crippen molar-refractivity contribution in [3.8, 4) is 0 Å². The third-order valence-electron chi connectivity index (χ3n) is 5.57. The lowest BCUT2D eigenvalue weighted by Gasteiger charge is -2.41. The second kappa shape index (κ2) is 5.71. The van der Waals surface area contributed by atoms with E-state index in [0.29, 0.717) is 6.04 Å². The van der Waals surface area contributed by atoms with Crippen molar-refractivity contribution in [2.24, 2.45) is 0 Å². The van der Waals surface area contributed by atoms with E-state index in [4.69, 9.17) is 0 Å². The van der Waals surface area contributed by atoms with Crippen LogP contribution in [0.4, 0.5) is 0 Å². The predicted octanol–water partition coefficient (Wildman–Crippen LogP) is 2.20. The van der Waals surface area contributed by atoms with Gasteiger partial charge in [-0.2, -0.15) is 0 Å². The fraction of sp³-hybridized carbons (Fsp3) is 0.667. The van der Waals surface area contributed by atoms with Gasteiger partial charge >= 0.3 is 0 Å². The molecule has 4 rings (SSSR count). The Morgan fingerprint density at radius 2 is 1.62 bits per heavy atom. The van der Waals surface area contributed by atoms with Crippen LogP contribution in [0.3, 0.4) is 0 Å².